The first-order chi connectivity index (χ1) is 9.34. The number of aryl methyl sites for hydroxylation is 1. The Bertz CT molecular complexity index is 698. The van der Waals surface area contributed by atoms with Gasteiger partial charge in [0.1, 0.15) is 0 Å². The predicted octanol–water partition coefficient (Wildman–Crippen LogP) is 3.31. The number of aromatic nitrogens is 4. The summed E-state index contributed by atoms with van der Waals surface area (Å²) in [6.45, 7) is 0.800. The summed E-state index contributed by atoms with van der Waals surface area (Å²) in [6.07, 6.45) is 4.55. The first-order valence-corrected chi connectivity index (χ1v) is 7.21. The van der Waals surface area contributed by atoms with Crippen LogP contribution in [0.15, 0.2) is 42.0 Å². The molecule has 0 unspecified atom stereocenters. The van der Waals surface area contributed by atoms with Crippen molar-refractivity contribution in [3.05, 3.63) is 52.4 Å². The van der Waals surface area contributed by atoms with Gasteiger partial charge in [-0.3, -0.25) is 14.6 Å². The van der Waals surface area contributed by atoms with E-state index in [1.54, 1.807) is 17.5 Å². The smallest absolute Gasteiger partial charge is 0.195 e. The summed E-state index contributed by atoms with van der Waals surface area (Å²) in [5.41, 5.74) is 1.20. The standard InChI is InChI=1S/C13H12N4S2/c18-13-16-15-12(11-4-2-8-19-11)17(13)7-5-10-3-1-6-14-9-10/h1-4,6,8-9H,5,7H2,(H,16,18). The zero-order valence-electron chi connectivity index (χ0n) is 10.1. The van der Waals surface area contributed by atoms with E-state index in [4.69, 9.17) is 12.2 Å². The van der Waals surface area contributed by atoms with Gasteiger partial charge in [0.15, 0.2) is 10.6 Å². The van der Waals surface area contributed by atoms with Gasteiger partial charge in [0, 0.05) is 18.9 Å². The molecule has 3 heterocycles. The predicted molar refractivity (Wildman–Crippen MR) is 78.7 cm³/mol. The quantitative estimate of drug-likeness (QED) is 0.749. The number of aromatic amines is 1. The lowest BCUT2D eigenvalue weighted by Gasteiger charge is -2.05. The molecule has 0 radical (unpaired) electrons. The van der Waals surface area contributed by atoms with E-state index >= 15 is 0 Å². The van der Waals surface area contributed by atoms with Gasteiger partial charge in [-0.2, -0.15) is 5.10 Å². The van der Waals surface area contributed by atoms with Crippen molar-refractivity contribution in [3.63, 3.8) is 0 Å². The molecule has 19 heavy (non-hydrogen) atoms. The summed E-state index contributed by atoms with van der Waals surface area (Å²) in [5.74, 6) is 0.906. The molecule has 0 atom stereocenters. The van der Waals surface area contributed by atoms with Crippen molar-refractivity contribution >= 4 is 23.6 Å². The largest absolute Gasteiger partial charge is 0.299 e. The Morgan fingerprint density at radius 2 is 2.26 bits per heavy atom. The Balaban J connectivity index is 1.85. The van der Waals surface area contributed by atoms with Gasteiger partial charge < -0.3 is 0 Å². The number of pyridine rings is 1. The van der Waals surface area contributed by atoms with E-state index in [1.807, 2.05) is 28.3 Å². The van der Waals surface area contributed by atoms with Crippen LogP contribution in [0.5, 0.6) is 0 Å². The highest BCUT2D eigenvalue weighted by Crippen LogP contribution is 2.22. The van der Waals surface area contributed by atoms with Crippen molar-refractivity contribution < 1.29 is 0 Å². The molecule has 0 saturated heterocycles. The maximum atomic E-state index is 5.30. The minimum absolute atomic E-state index is 0.660. The highest BCUT2D eigenvalue weighted by molar-refractivity contribution is 7.71. The third-order valence-corrected chi connectivity index (χ3v) is 4.02. The Hall–Kier alpha value is -1.79. The zero-order chi connectivity index (χ0) is 13.1. The van der Waals surface area contributed by atoms with E-state index in [9.17, 15) is 0 Å². The van der Waals surface area contributed by atoms with Gasteiger partial charge in [0.05, 0.1) is 4.88 Å². The lowest BCUT2D eigenvalue weighted by Crippen LogP contribution is -2.03. The number of rotatable bonds is 4. The molecule has 0 bridgehead atoms. The van der Waals surface area contributed by atoms with Crippen molar-refractivity contribution in [3.8, 4) is 10.7 Å². The number of hydrogen-bond donors (Lipinski definition) is 1. The first kappa shape index (κ1) is 12.3. The van der Waals surface area contributed by atoms with E-state index in [-0.39, 0.29) is 0 Å². The van der Waals surface area contributed by atoms with Gasteiger partial charge in [-0.05, 0) is 41.7 Å². The van der Waals surface area contributed by atoms with Crippen LogP contribution in [0.3, 0.4) is 0 Å². The third kappa shape index (κ3) is 2.64. The second-order valence-electron chi connectivity index (χ2n) is 4.09. The molecule has 3 aromatic rings. The molecule has 0 spiro atoms. The molecular weight excluding hydrogens is 276 g/mol. The topological polar surface area (TPSA) is 46.5 Å². The monoisotopic (exact) mass is 288 g/mol. The minimum atomic E-state index is 0.660. The van der Waals surface area contributed by atoms with Crippen LogP contribution in [-0.4, -0.2) is 19.7 Å². The number of hydrogen-bond acceptors (Lipinski definition) is 4. The second-order valence-corrected chi connectivity index (χ2v) is 5.43. The fraction of sp³-hybridized carbons (Fsp3) is 0.154. The van der Waals surface area contributed by atoms with Crippen molar-refractivity contribution in [2.75, 3.05) is 0 Å². The summed E-state index contributed by atoms with van der Waals surface area (Å²) in [4.78, 5) is 5.25. The van der Waals surface area contributed by atoms with Crippen molar-refractivity contribution in [2.45, 2.75) is 13.0 Å². The van der Waals surface area contributed by atoms with Crippen LogP contribution in [0.2, 0.25) is 0 Å². The van der Waals surface area contributed by atoms with E-state index in [2.05, 4.69) is 27.3 Å². The fourth-order valence-corrected chi connectivity index (χ4v) is 2.85. The maximum absolute atomic E-state index is 5.30. The molecule has 0 aromatic carbocycles. The molecule has 0 fully saturated rings. The Labute approximate surface area is 119 Å². The molecule has 3 aromatic heterocycles. The lowest BCUT2D eigenvalue weighted by atomic mass is 10.2. The first-order valence-electron chi connectivity index (χ1n) is 5.92. The molecule has 0 amide bonds. The van der Waals surface area contributed by atoms with Crippen molar-refractivity contribution in [1.82, 2.24) is 19.7 Å². The summed E-state index contributed by atoms with van der Waals surface area (Å²) in [6, 6.07) is 8.09. The molecule has 0 aliphatic heterocycles. The van der Waals surface area contributed by atoms with Crippen molar-refractivity contribution in [2.24, 2.45) is 0 Å². The highest BCUT2D eigenvalue weighted by atomic mass is 32.1. The summed E-state index contributed by atoms with van der Waals surface area (Å²) >= 11 is 6.96. The van der Waals surface area contributed by atoms with Gasteiger partial charge in [0.25, 0.3) is 0 Å². The SMILES string of the molecule is S=c1[nH]nc(-c2cccs2)n1CCc1cccnc1. The normalized spacial score (nSPS) is 10.7. The maximum Gasteiger partial charge on any atom is 0.195 e. The van der Waals surface area contributed by atoms with Crippen LogP contribution >= 0.6 is 23.6 Å². The number of nitrogens with zero attached hydrogens (tertiary/aromatic N) is 3. The molecule has 3 rings (SSSR count). The van der Waals surface area contributed by atoms with Crippen LogP contribution < -0.4 is 0 Å². The van der Waals surface area contributed by atoms with Gasteiger partial charge in [-0.25, -0.2) is 0 Å². The third-order valence-electron chi connectivity index (χ3n) is 2.85. The summed E-state index contributed by atoms with van der Waals surface area (Å²) in [5, 5.41) is 9.22. The van der Waals surface area contributed by atoms with Crippen LogP contribution in [0.25, 0.3) is 10.7 Å². The Kier molecular flexibility index (Phi) is 3.52. The average molecular weight is 288 g/mol. The number of thiophene rings is 1. The summed E-state index contributed by atoms with van der Waals surface area (Å²) in [7, 11) is 0. The van der Waals surface area contributed by atoms with E-state index in [0.717, 1.165) is 23.7 Å². The van der Waals surface area contributed by atoms with Crippen LogP contribution in [0, 0.1) is 4.77 Å². The Morgan fingerprint density at radius 1 is 1.32 bits per heavy atom. The molecule has 96 valence electrons. The summed E-state index contributed by atoms with van der Waals surface area (Å²) < 4.78 is 2.70. The van der Waals surface area contributed by atoms with Gasteiger partial charge in [-0.15, -0.1) is 11.3 Å². The molecule has 0 aliphatic rings. The number of H-pyrrole nitrogens is 1. The molecule has 0 saturated carbocycles. The number of nitrogens with one attached hydrogen (secondary N) is 1. The molecular formula is C13H12N4S2. The Morgan fingerprint density at radius 3 is 3.00 bits per heavy atom. The highest BCUT2D eigenvalue weighted by Gasteiger charge is 2.09. The zero-order valence-corrected chi connectivity index (χ0v) is 11.7. The molecule has 4 nitrogen and oxygen atoms in total. The minimum Gasteiger partial charge on any atom is -0.299 e. The van der Waals surface area contributed by atoms with Gasteiger partial charge >= 0.3 is 0 Å². The van der Waals surface area contributed by atoms with E-state index in [1.165, 1.54) is 5.56 Å². The average Bonchev–Trinajstić information content (AvgIpc) is 3.07. The van der Waals surface area contributed by atoms with E-state index in [0.29, 0.717) is 4.77 Å². The van der Waals surface area contributed by atoms with Gasteiger partial charge in [0.2, 0.25) is 0 Å². The van der Waals surface area contributed by atoms with Crippen LogP contribution in [0.4, 0.5) is 0 Å². The molecule has 6 heteroatoms. The van der Waals surface area contributed by atoms with E-state index < -0.39 is 0 Å². The van der Waals surface area contributed by atoms with Gasteiger partial charge in [-0.1, -0.05) is 12.1 Å². The second kappa shape index (κ2) is 5.46. The van der Waals surface area contributed by atoms with Crippen LogP contribution in [0.1, 0.15) is 5.56 Å². The fourth-order valence-electron chi connectivity index (χ4n) is 1.91. The van der Waals surface area contributed by atoms with Crippen LogP contribution in [-0.2, 0) is 13.0 Å². The molecule has 1 N–H and O–H groups in total. The van der Waals surface area contributed by atoms with Crippen molar-refractivity contribution in [1.29, 1.82) is 0 Å². The molecule has 0 aliphatic carbocycles. The lowest BCUT2D eigenvalue weighted by molar-refractivity contribution is 0.691.